The monoisotopic (exact) mass is 570 g/mol. The minimum atomic E-state index is -3.13. The molecule has 0 radical (unpaired) electrons. The van der Waals surface area contributed by atoms with Gasteiger partial charge in [-0.1, -0.05) is 121 Å². The van der Waals surface area contributed by atoms with E-state index in [0.717, 1.165) is 14.1 Å². The van der Waals surface area contributed by atoms with E-state index in [0.29, 0.717) is 9.62 Å². The summed E-state index contributed by atoms with van der Waals surface area (Å²) in [5.74, 6) is -4.35. The molecule has 0 bridgehead atoms. The predicted octanol–water partition coefficient (Wildman–Crippen LogP) is 6.50. The van der Waals surface area contributed by atoms with E-state index in [2.05, 4.69) is 0 Å². The van der Waals surface area contributed by atoms with Gasteiger partial charge in [-0.25, -0.2) is 0 Å². The Bertz CT molecular complexity index is 1400. The molecule has 0 unspecified atom stereocenters. The summed E-state index contributed by atoms with van der Waals surface area (Å²) >= 11 is 0. The van der Waals surface area contributed by atoms with Gasteiger partial charge < -0.3 is 0 Å². The zero-order valence-corrected chi connectivity index (χ0v) is 23.1. The van der Waals surface area contributed by atoms with E-state index in [-0.39, 0.29) is 22.3 Å². The zero-order chi connectivity index (χ0) is 30.1. The molecule has 0 aromatic heterocycles. The van der Waals surface area contributed by atoms with Crippen molar-refractivity contribution in [2.75, 3.05) is 14.1 Å². The molecule has 0 N–H and O–H groups in total. The van der Waals surface area contributed by atoms with Gasteiger partial charge in [-0.05, 0) is 25.2 Å². The summed E-state index contributed by atoms with van der Waals surface area (Å²) in [5.41, 5.74) is -3.17. The molecule has 1 fully saturated rings. The minimum Gasteiger partial charge on any atom is -0.294 e. The fraction of sp³-hybridized carbons (Fsp3) is 0.188. The van der Waals surface area contributed by atoms with E-state index in [9.17, 15) is 9.59 Å². The number of Topliss-reactive ketones (excluding diaryl/α,β-unsaturated/α-hetero) is 2. The molecule has 0 saturated heterocycles. The first-order valence-corrected chi connectivity index (χ1v) is 13.5. The first kappa shape index (κ1) is 29.5. The average Bonchev–Trinajstić information content (AvgIpc) is 3.02. The number of hydrogen-bond acceptors (Lipinski definition) is 4. The molecular weight excluding hydrogens is 542 g/mol. The van der Waals surface area contributed by atoms with Crippen LogP contribution in [0.25, 0.3) is 0 Å². The van der Waals surface area contributed by atoms with Gasteiger partial charge in [0, 0.05) is 11.1 Å². The van der Waals surface area contributed by atoms with Crippen molar-refractivity contribution in [3.05, 3.63) is 144 Å². The van der Waals surface area contributed by atoms with Gasteiger partial charge >= 0.3 is 14.8 Å². The van der Waals surface area contributed by atoms with Crippen LogP contribution < -0.4 is 0 Å². The van der Waals surface area contributed by atoms with Crippen LogP contribution in [0.15, 0.2) is 121 Å². The van der Waals surface area contributed by atoms with Gasteiger partial charge in [0.2, 0.25) is 0 Å². The first-order valence-electron chi connectivity index (χ1n) is 13.5. The number of nitrogens with zero attached hydrogens (tertiary/aromatic N) is 2. The molecule has 212 valence electrons. The maximum atomic E-state index is 15.1. The number of benzene rings is 4. The Balaban J connectivity index is 1.95. The van der Waals surface area contributed by atoms with Crippen molar-refractivity contribution in [1.29, 1.82) is 0 Å². The number of rotatable bonds is 10. The summed E-state index contributed by atoms with van der Waals surface area (Å²) in [6, 6.07) is 32.2. The van der Waals surface area contributed by atoms with E-state index < -0.39 is 49.3 Å². The summed E-state index contributed by atoms with van der Waals surface area (Å²) in [5, 5.41) is 0. The van der Waals surface area contributed by atoms with Crippen molar-refractivity contribution < 1.29 is 26.9 Å². The van der Waals surface area contributed by atoms with Gasteiger partial charge in [-0.2, -0.15) is 0 Å². The third kappa shape index (κ3) is 4.41. The molecule has 42 heavy (non-hydrogen) atoms. The molecule has 5 rings (SSSR count). The van der Waals surface area contributed by atoms with Crippen molar-refractivity contribution in [3.63, 3.8) is 0 Å². The molecule has 1 saturated carbocycles. The number of hydrogen-bond donors (Lipinski definition) is 0. The van der Waals surface area contributed by atoms with Crippen molar-refractivity contribution in [2.45, 2.75) is 11.1 Å². The molecule has 4 nitrogen and oxygen atoms in total. The Kier molecular flexibility index (Phi) is 8.21. The largest absolute Gasteiger partial charge is 0.637 e. The van der Waals surface area contributed by atoms with Crippen LogP contribution in [0.1, 0.15) is 31.8 Å². The molecule has 1 aliphatic carbocycles. The summed E-state index contributed by atoms with van der Waals surface area (Å²) < 4.78 is 60.3. The molecule has 0 atom stereocenters. The minimum absolute atomic E-state index is 0.166. The highest BCUT2D eigenvalue weighted by molar-refractivity contribution is 6.40. The number of carbonyl (C=O) groups excluding carboxylic acids is 2. The van der Waals surface area contributed by atoms with E-state index in [1.165, 1.54) is 24.3 Å². The van der Waals surface area contributed by atoms with Gasteiger partial charge in [0.15, 0.2) is 11.6 Å². The lowest BCUT2D eigenvalue weighted by molar-refractivity contribution is -0.159. The molecule has 4 aromatic rings. The van der Waals surface area contributed by atoms with E-state index >= 15 is 17.3 Å². The van der Waals surface area contributed by atoms with E-state index in [1.807, 2.05) is 0 Å². The fourth-order valence-corrected chi connectivity index (χ4v) is 6.87. The Morgan fingerprint density at radius 2 is 0.786 bits per heavy atom. The lowest BCUT2D eigenvalue weighted by Gasteiger charge is -2.71. The standard InChI is InChI=1S/C32H28B2F4N2O2/c1-39(33(35)36)31(25-19-11-5-12-20-25)29(27(41)23-15-7-3-8-16-23)32(40(2)34(37)38,26-21-13-6-14-22-26)30(31)28(42)24-17-9-4-10-18-24/h3-22,29-30H,1-2H3. The maximum absolute atomic E-state index is 15.1. The summed E-state index contributed by atoms with van der Waals surface area (Å²) in [6.45, 7) is 0. The smallest absolute Gasteiger partial charge is 0.294 e. The number of carbonyl (C=O) groups is 2. The van der Waals surface area contributed by atoms with Crippen LogP contribution in [0.2, 0.25) is 0 Å². The average molecular weight is 570 g/mol. The van der Waals surface area contributed by atoms with Crippen molar-refractivity contribution in [1.82, 2.24) is 9.62 Å². The molecule has 4 aromatic carbocycles. The van der Waals surface area contributed by atoms with Crippen LogP contribution in [-0.2, 0) is 11.1 Å². The lowest BCUT2D eigenvalue weighted by atomic mass is 9.38. The Labute approximate surface area is 243 Å². The second-order valence-corrected chi connectivity index (χ2v) is 10.5. The van der Waals surface area contributed by atoms with Gasteiger partial charge in [0.25, 0.3) is 0 Å². The summed E-state index contributed by atoms with van der Waals surface area (Å²) in [6.07, 6.45) is 0. The highest BCUT2D eigenvalue weighted by Crippen LogP contribution is 2.69. The Hall–Kier alpha value is -4.01. The van der Waals surface area contributed by atoms with E-state index in [4.69, 9.17) is 0 Å². The quantitative estimate of drug-likeness (QED) is 0.124. The SMILES string of the molecule is CN(B(F)F)C1(c2ccccc2)C(C(=O)c2ccccc2)C(c2ccccc2)(N(C)B(F)F)C1C(=O)c1ccccc1. The Morgan fingerprint density at radius 1 is 0.524 bits per heavy atom. The van der Waals surface area contributed by atoms with Gasteiger partial charge in [-0.15, -0.1) is 0 Å². The molecule has 1 aliphatic rings. The third-order valence-corrected chi connectivity index (χ3v) is 8.63. The van der Waals surface area contributed by atoms with E-state index in [1.54, 1.807) is 97.1 Å². The normalized spacial score (nSPS) is 23.3. The van der Waals surface area contributed by atoms with Crippen molar-refractivity contribution >= 4 is 26.4 Å². The highest BCUT2D eigenvalue weighted by atomic mass is 19.2. The van der Waals surface area contributed by atoms with Crippen LogP contribution in [0.5, 0.6) is 0 Å². The van der Waals surface area contributed by atoms with Gasteiger partial charge in [0.05, 0.1) is 22.9 Å². The zero-order valence-electron chi connectivity index (χ0n) is 23.1. The third-order valence-electron chi connectivity index (χ3n) is 8.63. The van der Waals surface area contributed by atoms with Gasteiger partial charge in [0.1, 0.15) is 0 Å². The summed E-state index contributed by atoms with van der Waals surface area (Å²) in [4.78, 5) is 30.8. The first-order chi connectivity index (χ1) is 20.2. The predicted molar refractivity (Wildman–Crippen MR) is 156 cm³/mol. The van der Waals surface area contributed by atoms with Crippen LogP contribution in [-0.4, -0.2) is 50.1 Å². The summed E-state index contributed by atoms with van der Waals surface area (Å²) in [7, 11) is -3.97. The molecule has 0 aliphatic heterocycles. The number of ketones is 2. The fourth-order valence-electron chi connectivity index (χ4n) is 6.87. The molecule has 0 spiro atoms. The lowest BCUT2D eigenvalue weighted by Crippen LogP contribution is -2.84. The topological polar surface area (TPSA) is 40.6 Å². The van der Waals surface area contributed by atoms with Gasteiger partial charge in [-0.3, -0.25) is 36.5 Å². The number of halogens is 4. The van der Waals surface area contributed by atoms with Crippen LogP contribution in [0, 0.1) is 11.8 Å². The maximum Gasteiger partial charge on any atom is 0.637 e. The van der Waals surface area contributed by atoms with Crippen LogP contribution in [0.4, 0.5) is 17.3 Å². The second kappa shape index (κ2) is 11.7. The van der Waals surface area contributed by atoms with Crippen LogP contribution >= 0.6 is 0 Å². The second-order valence-electron chi connectivity index (χ2n) is 10.5. The molecular formula is C32H28B2F4N2O2. The molecule has 10 heteroatoms. The van der Waals surface area contributed by atoms with Crippen molar-refractivity contribution in [2.24, 2.45) is 11.8 Å². The molecule has 0 amide bonds. The molecule has 0 heterocycles. The van der Waals surface area contributed by atoms with Crippen LogP contribution in [0.3, 0.4) is 0 Å². The Morgan fingerprint density at radius 3 is 1.05 bits per heavy atom. The highest BCUT2D eigenvalue weighted by Gasteiger charge is 2.80. The van der Waals surface area contributed by atoms with Crippen molar-refractivity contribution in [3.8, 4) is 0 Å².